The molecule has 1 saturated heterocycles. The molecule has 0 aliphatic carbocycles. The van der Waals surface area contributed by atoms with Gasteiger partial charge < -0.3 is 9.80 Å². The van der Waals surface area contributed by atoms with Gasteiger partial charge in [-0.05, 0) is 38.4 Å². The van der Waals surface area contributed by atoms with Gasteiger partial charge in [-0.15, -0.1) is 11.8 Å². The Balaban J connectivity index is 2.30. The molecule has 0 N–H and O–H groups in total. The van der Waals surface area contributed by atoms with Crippen molar-refractivity contribution in [2.24, 2.45) is 0 Å². The first-order valence-electron chi connectivity index (χ1n) is 6.83. The number of hydrogen-bond acceptors (Lipinski definition) is 5. The van der Waals surface area contributed by atoms with E-state index >= 15 is 0 Å². The van der Waals surface area contributed by atoms with Crippen LogP contribution in [0.25, 0.3) is 0 Å². The maximum absolute atomic E-state index is 12.6. The fraction of sp³-hybridized carbons (Fsp3) is 0.500. The number of nitrogens with zero attached hydrogens (tertiary/aromatic N) is 3. The standard InChI is InChI=1S/C14H19N3O3S/c1-15-6-3-7-16(9-8-15)14(18)12-10-11(21-2)4-5-13(12)17(19)20/h4-5,10H,3,6-9H2,1-2H3. The van der Waals surface area contributed by atoms with Crippen LogP contribution in [-0.4, -0.2) is 60.1 Å². The number of carbonyl (C=O) groups excluding carboxylic acids is 1. The van der Waals surface area contributed by atoms with E-state index in [2.05, 4.69) is 4.90 Å². The number of carbonyl (C=O) groups is 1. The summed E-state index contributed by atoms with van der Waals surface area (Å²) in [6.45, 7) is 2.98. The molecule has 1 aliphatic heterocycles. The Labute approximate surface area is 128 Å². The summed E-state index contributed by atoms with van der Waals surface area (Å²) in [5.41, 5.74) is 0.0757. The van der Waals surface area contributed by atoms with Gasteiger partial charge in [-0.2, -0.15) is 0 Å². The Morgan fingerprint density at radius 2 is 2.05 bits per heavy atom. The van der Waals surface area contributed by atoms with Crippen LogP contribution in [0.1, 0.15) is 16.8 Å². The Morgan fingerprint density at radius 1 is 1.29 bits per heavy atom. The second-order valence-electron chi connectivity index (χ2n) is 5.09. The number of hydrogen-bond donors (Lipinski definition) is 0. The van der Waals surface area contributed by atoms with Crippen LogP contribution in [0, 0.1) is 10.1 Å². The summed E-state index contributed by atoms with van der Waals surface area (Å²) in [5.74, 6) is -0.243. The molecule has 0 aromatic heterocycles. The molecule has 1 aromatic rings. The average molecular weight is 309 g/mol. The fourth-order valence-electron chi connectivity index (χ4n) is 2.39. The number of nitro groups is 1. The van der Waals surface area contributed by atoms with Gasteiger partial charge in [-0.1, -0.05) is 0 Å². The van der Waals surface area contributed by atoms with E-state index in [1.807, 2.05) is 13.3 Å². The van der Waals surface area contributed by atoms with Crippen LogP contribution >= 0.6 is 11.8 Å². The molecule has 2 rings (SSSR count). The average Bonchev–Trinajstić information content (AvgIpc) is 2.70. The molecular weight excluding hydrogens is 290 g/mol. The third kappa shape index (κ3) is 3.74. The quantitative estimate of drug-likeness (QED) is 0.486. The molecule has 1 aromatic carbocycles. The van der Waals surface area contributed by atoms with Crippen LogP contribution in [0.2, 0.25) is 0 Å². The van der Waals surface area contributed by atoms with Crippen molar-refractivity contribution in [3.8, 4) is 0 Å². The maximum Gasteiger partial charge on any atom is 0.282 e. The lowest BCUT2D eigenvalue weighted by Crippen LogP contribution is -2.34. The zero-order valence-electron chi connectivity index (χ0n) is 12.2. The Kier molecular flexibility index (Phi) is 5.19. The van der Waals surface area contributed by atoms with Gasteiger partial charge in [0.2, 0.25) is 0 Å². The van der Waals surface area contributed by atoms with Crippen molar-refractivity contribution in [1.29, 1.82) is 0 Å². The number of amides is 1. The molecule has 0 radical (unpaired) electrons. The van der Waals surface area contributed by atoms with E-state index in [-0.39, 0.29) is 17.2 Å². The molecule has 0 bridgehead atoms. The Hall–Kier alpha value is -1.60. The van der Waals surface area contributed by atoms with Crippen molar-refractivity contribution in [3.63, 3.8) is 0 Å². The van der Waals surface area contributed by atoms with Crippen molar-refractivity contribution in [1.82, 2.24) is 9.80 Å². The lowest BCUT2D eigenvalue weighted by atomic mass is 10.1. The van der Waals surface area contributed by atoms with Crippen LogP contribution in [0.5, 0.6) is 0 Å². The molecule has 114 valence electrons. The number of thioether (sulfide) groups is 1. The summed E-state index contributed by atoms with van der Waals surface area (Å²) in [4.78, 5) is 28.1. The number of nitro benzene ring substituents is 1. The molecule has 21 heavy (non-hydrogen) atoms. The van der Waals surface area contributed by atoms with E-state index in [0.29, 0.717) is 13.1 Å². The minimum absolute atomic E-state index is 0.115. The summed E-state index contributed by atoms with van der Waals surface area (Å²) in [6.07, 6.45) is 2.77. The summed E-state index contributed by atoms with van der Waals surface area (Å²) < 4.78 is 0. The first-order valence-corrected chi connectivity index (χ1v) is 8.05. The predicted octanol–water partition coefficient (Wildman–Crippen LogP) is 2.09. The fourth-order valence-corrected chi connectivity index (χ4v) is 2.83. The molecule has 7 heteroatoms. The molecule has 0 spiro atoms. The van der Waals surface area contributed by atoms with Crippen molar-refractivity contribution >= 4 is 23.4 Å². The third-order valence-electron chi connectivity index (χ3n) is 3.64. The minimum Gasteiger partial charge on any atom is -0.337 e. The van der Waals surface area contributed by atoms with Gasteiger partial charge in [0.15, 0.2) is 0 Å². The molecule has 1 aliphatic rings. The smallest absolute Gasteiger partial charge is 0.282 e. The Morgan fingerprint density at radius 3 is 2.71 bits per heavy atom. The van der Waals surface area contributed by atoms with Crippen LogP contribution in [0.4, 0.5) is 5.69 Å². The minimum atomic E-state index is -0.485. The van der Waals surface area contributed by atoms with Crippen LogP contribution in [-0.2, 0) is 0 Å². The van der Waals surface area contributed by atoms with Crippen molar-refractivity contribution in [3.05, 3.63) is 33.9 Å². The number of rotatable bonds is 3. The molecule has 0 atom stereocenters. The molecule has 1 amide bonds. The highest BCUT2D eigenvalue weighted by molar-refractivity contribution is 7.98. The van der Waals surface area contributed by atoms with E-state index in [0.717, 1.165) is 24.4 Å². The van der Waals surface area contributed by atoms with Gasteiger partial charge >= 0.3 is 0 Å². The highest BCUT2D eigenvalue weighted by Crippen LogP contribution is 2.26. The van der Waals surface area contributed by atoms with E-state index in [4.69, 9.17) is 0 Å². The summed E-state index contributed by atoms with van der Waals surface area (Å²) in [7, 11) is 2.02. The second-order valence-corrected chi connectivity index (χ2v) is 5.97. The van der Waals surface area contributed by atoms with Gasteiger partial charge in [-0.3, -0.25) is 14.9 Å². The summed E-state index contributed by atoms with van der Waals surface area (Å²) >= 11 is 1.47. The van der Waals surface area contributed by atoms with Gasteiger partial charge in [0, 0.05) is 30.6 Å². The predicted molar refractivity (Wildman–Crippen MR) is 82.9 cm³/mol. The maximum atomic E-state index is 12.6. The first-order chi connectivity index (χ1) is 10.0. The van der Waals surface area contributed by atoms with Gasteiger partial charge in [0.25, 0.3) is 11.6 Å². The van der Waals surface area contributed by atoms with Gasteiger partial charge in [0.1, 0.15) is 5.56 Å². The van der Waals surface area contributed by atoms with Crippen molar-refractivity contribution in [2.45, 2.75) is 11.3 Å². The first kappa shape index (κ1) is 15.8. The molecule has 0 unspecified atom stereocenters. The summed E-state index contributed by atoms with van der Waals surface area (Å²) in [6, 6.07) is 4.72. The molecule has 1 heterocycles. The largest absolute Gasteiger partial charge is 0.337 e. The van der Waals surface area contributed by atoms with Crippen molar-refractivity contribution < 1.29 is 9.72 Å². The van der Waals surface area contributed by atoms with E-state index in [1.54, 1.807) is 17.0 Å². The van der Waals surface area contributed by atoms with Crippen LogP contribution in [0.3, 0.4) is 0 Å². The van der Waals surface area contributed by atoms with Crippen molar-refractivity contribution in [2.75, 3.05) is 39.5 Å². The van der Waals surface area contributed by atoms with E-state index in [9.17, 15) is 14.9 Å². The molecule has 1 fully saturated rings. The number of likely N-dealkylation sites (N-methyl/N-ethyl adjacent to an activating group) is 1. The monoisotopic (exact) mass is 309 g/mol. The lowest BCUT2D eigenvalue weighted by molar-refractivity contribution is -0.385. The van der Waals surface area contributed by atoms with E-state index in [1.165, 1.54) is 17.8 Å². The highest BCUT2D eigenvalue weighted by atomic mass is 32.2. The Bertz CT molecular complexity index is 550. The molecule has 6 nitrogen and oxygen atoms in total. The van der Waals surface area contributed by atoms with Crippen LogP contribution < -0.4 is 0 Å². The lowest BCUT2D eigenvalue weighted by Gasteiger charge is -2.20. The molecular formula is C14H19N3O3S. The second kappa shape index (κ2) is 6.91. The van der Waals surface area contributed by atoms with E-state index < -0.39 is 4.92 Å². The van der Waals surface area contributed by atoms with Crippen LogP contribution in [0.15, 0.2) is 23.1 Å². The summed E-state index contributed by atoms with van der Waals surface area (Å²) in [5, 5.41) is 11.1. The number of benzene rings is 1. The zero-order valence-corrected chi connectivity index (χ0v) is 13.1. The van der Waals surface area contributed by atoms with Gasteiger partial charge in [-0.25, -0.2) is 0 Å². The molecule has 0 saturated carbocycles. The normalized spacial score (nSPS) is 16.6. The van der Waals surface area contributed by atoms with Gasteiger partial charge in [0.05, 0.1) is 4.92 Å². The third-order valence-corrected chi connectivity index (χ3v) is 4.36. The topological polar surface area (TPSA) is 66.7 Å². The zero-order chi connectivity index (χ0) is 15.4. The SMILES string of the molecule is CSc1ccc([N+](=O)[O-])c(C(=O)N2CCCN(C)CC2)c1. The highest BCUT2D eigenvalue weighted by Gasteiger charge is 2.26.